The van der Waals surface area contributed by atoms with Crippen molar-refractivity contribution < 1.29 is 13.4 Å². The SMILES string of the molecule is CC(C)(C)P(C)(=O)OP(C)(=O)C(C)(C)C. The molecule has 0 saturated carbocycles. The minimum absolute atomic E-state index is 0.468. The summed E-state index contributed by atoms with van der Waals surface area (Å²) in [4.78, 5) is 0. The van der Waals surface area contributed by atoms with Crippen LogP contribution in [0, 0.1) is 0 Å². The Hall–Kier alpha value is 0.420. The van der Waals surface area contributed by atoms with Crippen molar-refractivity contribution in [2.24, 2.45) is 0 Å². The van der Waals surface area contributed by atoms with Crippen LogP contribution < -0.4 is 0 Å². The molecule has 0 aliphatic heterocycles. The minimum Gasteiger partial charge on any atom is -0.292 e. The summed E-state index contributed by atoms with van der Waals surface area (Å²) >= 11 is 0. The predicted molar refractivity (Wildman–Crippen MR) is 67.7 cm³/mol. The Bertz CT molecular complexity index is 289. The van der Waals surface area contributed by atoms with E-state index in [0.29, 0.717) is 0 Å². The van der Waals surface area contributed by atoms with E-state index in [9.17, 15) is 9.13 Å². The molecule has 0 radical (unpaired) electrons. The molecular weight excluding hydrogens is 230 g/mol. The Balaban J connectivity index is 5.08. The molecule has 0 aliphatic carbocycles. The first-order chi connectivity index (χ1) is 6.21. The highest BCUT2D eigenvalue weighted by Crippen LogP contribution is 2.70. The van der Waals surface area contributed by atoms with Gasteiger partial charge < -0.3 is 0 Å². The number of rotatable bonds is 2. The van der Waals surface area contributed by atoms with Crippen molar-refractivity contribution in [3.05, 3.63) is 0 Å². The first-order valence-corrected chi connectivity index (χ1v) is 9.22. The summed E-state index contributed by atoms with van der Waals surface area (Å²) in [5, 5.41) is -0.937. The molecule has 0 aromatic rings. The maximum absolute atomic E-state index is 12.3. The molecule has 3 nitrogen and oxygen atoms in total. The zero-order chi connectivity index (χ0) is 12.7. The van der Waals surface area contributed by atoms with Crippen molar-refractivity contribution in [1.29, 1.82) is 0 Å². The smallest absolute Gasteiger partial charge is 0.210 e. The molecule has 15 heavy (non-hydrogen) atoms. The second-order valence-electron chi connectivity index (χ2n) is 6.12. The van der Waals surface area contributed by atoms with E-state index >= 15 is 0 Å². The Labute approximate surface area is 93.9 Å². The van der Waals surface area contributed by atoms with Crippen LogP contribution in [0.1, 0.15) is 41.5 Å². The molecule has 2 atom stereocenters. The quantitative estimate of drug-likeness (QED) is 0.685. The molecule has 0 saturated heterocycles. The van der Waals surface area contributed by atoms with Crippen molar-refractivity contribution >= 4 is 14.7 Å². The lowest BCUT2D eigenvalue weighted by atomic mass is 10.3. The van der Waals surface area contributed by atoms with Crippen LogP contribution in [0.15, 0.2) is 0 Å². The molecule has 0 aliphatic rings. The normalized spacial score (nSPS) is 21.9. The summed E-state index contributed by atoms with van der Waals surface area (Å²) in [6.07, 6.45) is 0. The minimum atomic E-state index is -2.86. The van der Waals surface area contributed by atoms with Gasteiger partial charge in [-0.1, -0.05) is 41.5 Å². The summed E-state index contributed by atoms with van der Waals surface area (Å²) < 4.78 is 30.1. The molecule has 2 unspecified atom stereocenters. The summed E-state index contributed by atoms with van der Waals surface area (Å²) in [6.45, 7) is 14.2. The first-order valence-electron chi connectivity index (χ1n) is 5.07. The van der Waals surface area contributed by atoms with Crippen LogP contribution >= 0.6 is 14.7 Å². The summed E-state index contributed by atoms with van der Waals surface area (Å²) in [5.74, 6) is 0. The van der Waals surface area contributed by atoms with Gasteiger partial charge in [0.05, 0.1) is 0 Å². The van der Waals surface area contributed by atoms with Crippen LogP contribution in [0.2, 0.25) is 0 Å². The van der Waals surface area contributed by atoms with E-state index in [1.165, 1.54) is 0 Å². The molecule has 92 valence electrons. The Morgan fingerprint density at radius 3 is 1.07 bits per heavy atom. The van der Waals surface area contributed by atoms with Gasteiger partial charge in [-0.25, -0.2) is 0 Å². The van der Waals surface area contributed by atoms with Gasteiger partial charge in [-0.05, 0) is 0 Å². The van der Waals surface area contributed by atoms with Crippen LogP contribution in [-0.2, 0) is 13.4 Å². The molecule has 0 heterocycles. The van der Waals surface area contributed by atoms with Crippen molar-refractivity contribution in [3.63, 3.8) is 0 Å². The summed E-state index contributed by atoms with van der Waals surface area (Å²) in [7, 11) is -5.71. The Morgan fingerprint density at radius 1 is 0.733 bits per heavy atom. The molecule has 0 aromatic carbocycles. The molecule has 0 bridgehead atoms. The van der Waals surface area contributed by atoms with Gasteiger partial charge in [-0.15, -0.1) is 0 Å². The van der Waals surface area contributed by atoms with Crippen molar-refractivity contribution in [2.45, 2.75) is 51.9 Å². The summed E-state index contributed by atoms with van der Waals surface area (Å²) in [6, 6.07) is 0. The standard InChI is InChI=1S/C10H24O3P2/c1-9(2,3)14(7,11)13-15(8,12)10(4,5)6/h1-8H3. The third-order valence-corrected chi connectivity index (χ3v) is 10.1. The van der Waals surface area contributed by atoms with Crippen molar-refractivity contribution in [2.75, 3.05) is 13.3 Å². The summed E-state index contributed by atoms with van der Waals surface area (Å²) in [5.41, 5.74) is 0. The van der Waals surface area contributed by atoms with E-state index in [1.54, 1.807) is 13.3 Å². The van der Waals surface area contributed by atoms with Gasteiger partial charge in [0.15, 0.2) is 0 Å². The molecule has 0 rings (SSSR count). The fourth-order valence-corrected chi connectivity index (χ4v) is 4.88. The van der Waals surface area contributed by atoms with Crippen LogP contribution in [-0.4, -0.2) is 23.6 Å². The zero-order valence-corrected chi connectivity index (χ0v) is 12.9. The monoisotopic (exact) mass is 254 g/mol. The van der Waals surface area contributed by atoms with Gasteiger partial charge in [-0.3, -0.25) is 13.4 Å². The number of hydrogen-bond donors (Lipinski definition) is 0. The van der Waals surface area contributed by atoms with Gasteiger partial charge in [-0.2, -0.15) is 0 Å². The van der Waals surface area contributed by atoms with E-state index < -0.39 is 25.0 Å². The lowest BCUT2D eigenvalue weighted by Crippen LogP contribution is -2.20. The van der Waals surface area contributed by atoms with E-state index in [1.807, 2.05) is 41.5 Å². The van der Waals surface area contributed by atoms with Crippen LogP contribution in [0.5, 0.6) is 0 Å². The van der Waals surface area contributed by atoms with Crippen LogP contribution in [0.3, 0.4) is 0 Å². The molecule has 0 aromatic heterocycles. The second kappa shape index (κ2) is 4.02. The van der Waals surface area contributed by atoms with Gasteiger partial charge in [0.1, 0.15) is 0 Å². The molecule has 5 heteroatoms. The molecule has 0 N–H and O–H groups in total. The third kappa shape index (κ3) is 3.73. The van der Waals surface area contributed by atoms with Crippen molar-refractivity contribution in [1.82, 2.24) is 0 Å². The van der Waals surface area contributed by atoms with Gasteiger partial charge in [0, 0.05) is 23.6 Å². The van der Waals surface area contributed by atoms with E-state index in [0.717, 1.165) is 0 Å². The highest BCUT2D eigenvalue weighted by molar-refractivity contribution is 7.72. The zero-order valence-electron chi connectivity index (χ0n) is 11.1. The Kier molecular flexibility index (Phi) is 4.13. The third-order valence-electron chi connectivity index (χ3n) is 2.75. The lowest BCUT2D eigenvalue weighted by molar-refractivity contribution is 0.424. The molecular formula is C10H24O3P2. The predicted octanol–water partition coefficient (Wildman–Crippen LogP) is 4.42. The average molecular weight is 254 g/mol. The lowest BCUT2D eigenvalue weighted by Gasteiger charge is -2.35. The van der Waals surface area contributed by atoms with Gasteiger partial charge in [0.25, 0.3) is 0 Å². The average Bonchev–Trinajstić information content (AvgIpc) is 1.77. The molecule has 0 spiro atoms. The van der Waals surface area contributed by atoms with E-state index in [4.69, 9.17) is 4.31 Å². The van der Waals surface area contributed by atoms with Crippen LogP contribution in [0.25, 0.3) is 0 Å². The highest BCUT2D eigenvalue weighted by atomic mass is 31.2. The number of hydrogen-bond acceptors (Lipinski definition) is 3. The fourth-order valence-electron chi connectivity index (χ4n) is 0.542. The second-order valence-corrected chi connectivity index (χ2v) is 12.8. The fraction of sp³-hybridized carbons (Fsp3) is 1.00. The maximum Gasteiger partial charge on any atom is 0.210 e. The largest absolute Gasteiger partial charge is 0.292 e. The van der Waals surface area contributed by atoms with Crippen LogP contribution in [0.4, 0.5) is 0 Å². The molecule has 0 fully saturated rings. The molecule has 0 amide bonds. The first kappa shape index (κ1) is 15.4. The van der Waals surface area contributed by atoms with Crippen molar-refractivity contribution in [3.8, 4) is 0 Å². The topological polar surface area (TPSA) is 43.4 Å². The highest BCUT2D eigenvalue weighted by Gasteiger charge is 2.42. The van der Waals surface area contributed by atoms with E-state index in [-0.39, 0.29) is 0 Å². The maximum atomic E-state index is 12.3. The van der Waals surface area contributed by atoms with Gasteiger partial charge in [0.2, 0.25) is 14.7 Å². The van der Waals surface area contributed by atoms with E-state index in [2.05, 4.69) is 0 Å². The Morgan fingerprint density at radius 2 is 0.933 bits per heavy atom. The van der Waals surface area contributed by atoms with Gasteiger partial charge >= 0.3 is 0 Å².